The molecule has 146 valence electrons. The van der Waals surface area contributed by atoms with E-state index in [1.54, 1.807) is 30.2 Å². The highest BCUT2D eigenvalue weighted by atomic mass is 32.2. The van der Waals surface area contributed by atoms with Gasteiger partial charge in [0.25, 0.3) is 5.91 Å². The Hall–Kier alpha value is -2.31. The van der Waals surface area contributed by atoms with Crippen LogP contribution in [0.1, 0.15) is 32.7 Å². The fraction of sp³-hybridized carbons (Fsp3) is 0.273. The molecule has 3 rings (SSSR count). The lowest BCUT2D eigenvalue weighted by atomic mass is 10.1. The molecule has 0 saturated heterocycles. The highest BCUT2D eigenvalue weighted by Crippen LogP contribution is 2.26. The van der Waals surface area contributed by atoms with Crippen LogP contribution in [-0.4, -0.2) is 24.5 Å². The Labute approximate surface area is 174 Å². The Morgan fingerprint density at radius 1 is 1.18 bits per heavy atom. The SMILES string of the molecule is COc1ccc(C)cc1CCNC(=O)c1ccc(CSc2nc(C)cs2)cc1. The number of carbonyl (C=O) groups excluding carboxylic acids is 1. The van der Waals surface area contributed by atoms with Crippen molar-refractivity contribution in [2.24, 2.45) is 0 Å². The zero-order valence-corrected chi connectivity index (χ0v) is 18.0. The maximum atomic E-state index is 12.4. The number of hydrogen-bond donors (Lipinski definition) is 1. The Morgan fingerprint density at radius 2 is 1.96 bits per heavy atom. The average Bonchev–Trinajstić information content (AvgIpc) is 3.12. The summed E-state index contributed by atoms with van der Waals surface area (Å²) < 4.78 is 6.47. The molecular formula is C22H24N2O2S2. The van der Waals surface area contributed by atoms with Crippen LogP contribution >= 0.6 is 23.1 Å². The van der Waals surface area contributed by atoms with Crippen LogP contribution in [0.4, 0.5) is 0 Å². The molecule has 0 aliphatic rings. The van der Waals surface area contributed by atoms with Gasteiger partial charge in [-0.05, 0) is 49.6 Å². The molecule has 1 N–H and O–H groups in total. The second kappa shape index (κ2) is 9.75. The van der Waals surface area contributed by atoms with Crippen LogP contribution in [0, 0.1) is 13.8 Å². The predicted molar refractivity (Wildman–Crippen MR) is 117 cm³/mol. The third-order valence-electron chi connectivity index (χ3n) is 4.29. The normalized spacial score (nSPS) is 10.7. The van der Waals surface area contributed by atoms with Gasteiger partial charge in [0.1, 0.15) is 10.1 Å². The van der Waals surface area contributed by atoms with Crippen molar-refractivity contribution >= 4 is 29.0 Å². The minimum atomic E-state index is -0.0543. The molecule has 6 heteroatoms. The van der Waals surface area contributed by atoms with E-state index in [2.05, 4.69) is 28.7 Å². The molecule has 0 radical (unpaired) electrons. The first-order valence-electron chi connectivity index (χ1n) is 9.11. The monoisotopic (exact) mass is 412 g/mol. The van der Waals surface area contributed by atoms with Gasteiger partial charge in [0, 0.05) is 28.9 Å². The van der Waals surface area contributed by atoms with Crippen LogP contribution in [0.2, 0.25) is 0 Å². The first-order valence-corrected chi connectivity index (χ1v) is 11.0. The van der Waals surface area contributed by atoms with Crippen molar-refractivity contribution in [3.63, 3.8) is 0 Å². The molecule has 28 heavy (non-hydrogen) atoms. The van der Waals surface area contributed by atoms with Crippen LogP contribution in [0.3, 0.4) is 0 Å². The number of benzene rings is 2. The molecular weight excluding hydrogens is 388 g/mol. The Balaban J connectivity index is 1.50. The van der Waals surface area contributed by atoms with Gasteiger partial charge >= 0.3 is 0 Å². The van der Waals surface area contributed by atoms with Gasteiger partial charge in [-0.25, -0.2) is 4.98 Å². The van der Waals surface area contributed by atoms with Crippen molar-refractivity contribution in [2.75, 3.05) is 13.7 Å². The van der Waals surface area contributed by atoms with Gasteiger partial charge in [-0.2, -0.15) is 0 Å². The van der Waals surface area contributed by atoms with E-state index in [0.29, 0.717) is 12.1 Å². The summed E-state index contributed by atoms with van der Waals surface area (Å²) in [6.07, 6.45) is 0.735. The van der Waals surface area contributed by atoms with Crippen molar-refractivity contribution in [1.29, 1.82) is 0 Å². The van der Waals surface area contributed by atoms with E-state index in [4.69, 9.17) is 4.74 Å². The Bertz CT molecular complexity index is 936. The summed E-state index contributed by atoms with van der Waals surface area (Å²) >= 11 is 3.39. The molecule has 1 amide bonds. The molecule has 0 unspecified atom stereocenters. The van der Waals surface area contributed by atoms with Crippen LogP contribution in [0.25, 0.3) is 0 Å². The number of thiazole rings is 1. The van der Waals surface area contributed by atoms with Gasteiger partial charge in [-0.1, -0.05) is 41.6 Å². The molecule has 1 heterocycles. The number of methoxy groups -OCH3 is 1. The minimum Gasteiger partial charge on any atom is -0.496 e. The number of aryl methyl sites for hydroxylation is 2. The van der Waals surface area contributed by atoms with Crippen molar-refractivity contribution in [3.05, 3.63) is 75.8 Å². The number of nitrogens with zero attached hydrogens (tertiary/aromatic N) is 1. The van der Waals surface area contributed by atoms with Gasteiger partial charge in [-0.15, -0.1) is 11.3 Å². The smallest absolute Gasteiger partial charge is 0.251 e. The maximum absolute atomic E-state index is 12.4. The highest BCUT2D eigenvalue weighted by Gasteiger charge is 2.08. The number of carbonyl (C=O) groups is 1. The molecule has 0 spiro atoms. The lowest BCUT2D eigenvalue weighted by Crippen LogP contribution is -2.25. The molecule has 0 aliphatic heterocycles. The quantitative estimate of drug-likeness (QED) is 0.527. The topological polar surface area (TPSA) is 51.2 Å². The summed E-state index contributed by atoms with van der Waals surface area (Å²) in [6.45, 7) is 4.62. The molecule has 0 bridgehead atoms. The number of thioether (sulfide) groups is 1. The first kappa shape index (κ1) is 20.4. The fourth-order valence-corrected chi connectivity index (χ4v) is 4.62. The molecule has 2 aromatic carbocycles. The molecule has 0 saturated carbocycles. The van der Waals surface area contributed by atoms with Crippen molar-refractivity contribution in [3.8, 4) is 5.75 Å². The van der Waals surface area contributed by atoms with Crippen molar-refractivity contribution in [1.82, 2.24) is 10.3 Å². The van der Waals surface area contributed by atoms with E-state index >= 15 is 0 Å². The lowest BCUT2D eigenvalue weighted by Gasteiger charge is -2.10. The van der Waals surface area contributed by atoms with Crippen molar-refractivity contribution in [2.45, 2.75) is 30.4 Å². The number of rotatable bonds is 8. The molecule has 1 aromatic heterocycles. The number of hydrogen-bond acceptors (Lipinski definition) is 5. The Kier molecular flexibility index (Phi) is 7.12. The standard InChI is InChI=1S/C22H24N2O2S2/c1-15-4-9-20(26-3)19(12-15)10-11-23-21(25)18-7-5-17(6-8-18)14-28-22-24-16(2)13-27-22/h4-9,12-13H,10-11,14H2,1-3H3,(H,23,25). The molecule has 0 aliphatic carbocycles. The number of nitrogens with one attached hydrogen (secondary N) is 1. The van der Waals surface area contributed by atoms with E-state index in [1.165, 1.54) is 11.1 Å². The third kappa shape index (κ3) is 5.59. The predicted octanol–water partition coefficient (Wildman–Crippen LogP) is 5.03. The van der Waals surface area contributed by atoms with Gasteiger partial charge in [-0.3, -0.25) is 4.79 Å². The van der Waals surface area contributed by atoms with Crippen molar-refractivity contribution < 1.29 is 9.53 Å². The minimum absolute atomic E-state index is 0.0543. The largest absolute Gasteiger partial charge is 0.496 e. The molecule has 3 aromatic rings. The second-order valence-electron chi connectivity index (χ2n) is 6.56. The van der Waals surface area contributed by atoms with Crippen LogP contribution in [0.5, 0.6) is 5.75 Å². The van der Waals surface area contributed by atoms with Gasteiger partial charge in [0.2, 0.25) is 0 Å². The van der Waals surface area contributed by atoms with Crippen LogP contribution in [-0.2, 0) is 12.2 Å². The second-order valence-corrected chi connectivity index (χ2v) is 8.64. The van der Waals surface area contributed by atoms with E-state index in [0.717, 1.165) is 33.5 Å². The summed E-state index contributed by atoms with van der Waals surface area (Å²) in [6, 6.07) is 13.9. The van der Waals surface area contributed by atoms with E-state index in [9.17, 15) is 4.79 Å². The van der Waals surface area contributed by atoms with Gasteiger partial charge < -0.3 is 10.1 Å². The van der Waals surface area contributed by atoms with Gasteiger partial charge in [0.15, 0.2) is 0 Å². The molecule has 0 atom stereocenters. The summed E-state index contributed by atoms with van der Waals surface area (Å²) in [4.78, 5) is 16.9. The van der Waals surface area contributed by atoms with Crippen LogP contribution in [0.15, 0.2) is 52.2 Å². The maximum Gasteiger partial charge on any atom is 0.251 e. The number of aromatic nitrogens is 1. The Morgan fingerprint density at radius 3 is 2.64 bits per heavy atom. The summed E-state index contributed by atoms with van der Waals surface area (Å²) in [5, 5.41) is 5.05. The third-order valence-corrected chi connectivity index (χ3v) is 6.50. The van der Waals surface area contributed by atoms with Gasteiger partial charge in [0.05, 0.1) is 7.11 Å². The van der Waals surface area contributed by atoms with Crippen LogP contribution < -0.4 is 10.1 Å². The fourth-order valence-electron chi connectivity index (χ4n) is 2.81. The zero-order chi connectivity index (χ0) is 19.9. The van der Waals surface area contributed by atoms with E-state index in [-0.39, 0.29) is 5.91 Å². The molecule has 0 fully saturated rings. The highest BCUT2D eigenvalue weighted by molar-refractivity contribution is 8.00. The zero-order valence-electron chi connectivity index (χ0n) is 16.3. The summed E-state index contributed by atoms with van der Waals surface area (Å²) in [5.74, 6) is 1.65. The lowest BCUT2D eigenvalue weighted by molar-refractivity contribution is 0.0954. The average molecular weight is 413 g/mol. The molecule has 4 nitrogen and oxygen atoms in total. The van der Waals surface area contributed by atoms with E-state index < -0.39 is 0 Å². The first-order chi connectivity index (χ1) is 13.5. The van der Waals surface area contributed by atoms with E-state index in [1.807, 2.05) is 43.3 Å². The summed E-state index contributed by atoms with van der Waals surface area (Å²) in [5.41, 5.74) is 5.20. The summed E-state index contributed by atoms with van der Waals surface area (Å²) in [7, 11) is 1.67. The number of amides is 1. The number of ether oxygens (including phenoxy) is 1.